The van der Waals surface area contributed by atoms with Crippen LogP contribution in [0.4, 0.5) is 4.39 Å². The predicted octanol–water partition coefficient (Wildman–Crippen LogP) is 2.56. The van der Waals surface area contributed by atoms with Crippen LogP contribution < -0.4 is 0 Å². The monoisotopic (exact) mass is 331 g/mol. The van der Waals surface area contributed by atoms with E-state index >= 15 is 0 Å². The lowest BCUT2D eigenvalue weighted by Gasteiger charge is -2.04. The summed E-state index contributed by atoms with van der Waals surface area (Å²) in [5.74, 6) is -0.0477. The Bertz CT molecular complexity index is 891. The SMILES string of the molecule is O=S(=O)(CCn1cnc(-c2ccccc2)n1)c1ccc(F)cc1. The molecular weight excluding hydrogens is 317 g/mol. The summed E-state index contributed by atoms with van der Waals surface area (Å²) in [6.07, 6.45) is 1.50. The van der Waals surface area contributed by atoms with E-state index in [-0.39, 0.29) is 17.2 Å². The van der Waals surface area contributed by atoms with Gasteiger partial charge in [-0.25, -0.2) is 17.8 Å². The first-order valence-electron chi connectivity index (χ1n) is 6.98. The highest BCUT2D eigenvalue weighted by Crippen LogP contribution is 2.14. The second-order valence-corrected chi connectivity index (χ2v) is 7.08. The number of aromatic nitrogens is 3. The molecule has 3 aromatic rings. The van der Waals surface area contributed by atoms with E-state index in [4.69, 9.17) is 0 Å². The van der Waals surface area contributed by atoms with Crippen molar-refractivity contribution < 1.29 is 12.8 Å². The number of sulfone groups is 1. The second-order valence-electron chi connectivity index (χ2n) is 4.97. The molecular formula is C16H14FN3O2S. The van der Waals surface area contributed by atoms with Crippen LogP contribution in [0.1, 0.15) is 0 Å². The Morgan fingerprint density at radius 2 is 1.70 bits per heavy atom. The zero-order valence-corrected chi connectivity index (χ0v) is 12.9. The highest BCUT2D eigenvalue weighted by molar-refractivity contribution is 7.91. The summed E-state index contributed by atoms with van der Waals surface area (Å²) in [7, 11) is -3.49. The fraction of sp³-hybridized carbons (Fsp3) is 0.125. The molecule has 2 aromatic carbocycles. The van der Waals surface area contributed by atoms with Gasteiger partial charge in [0.2, 0.25) is 0 Å². The Morgan fingerprint density at radius 3 is 2.39 bits per heavy atom. The minimum Gasteiger partial charge on any atom is -0.251 e. The smallest absolute Gasteiger partial charge is 0.181 e. The van der Waals surface area contributed by atoms with Crippen molar-refractivity contribution in [3.05, 3.63) is 66.7 Å². The first-order chi connectivity index (χ1) is 11.0. The largest absolute Gasteiger partial charge is 0.251 e. The molecule has 3 rings (SSSR count). The van der Waals surface area contributed by atoms with Gasteiger partial charge in [-0.1, -0.05) is 30.3 Å². The highest BCUT2D eigenvalue weighted by Gasteiger charge is 2.15. The van der Waals surface area contributed by atoms with Crippen LogP contribution >= 0.6 is 0 Å². The Kier molecular flexibility index (Phi) is 4.20. The normalized spacial score (nSPS) is 11.5. The van der Waals surface area contributed by atoms with E-state index in [2.05, 4.69) is 10.1 Å². The van der Waals surface area contributed by atoms with E-state index in [1.807, 2.05) is 30.3 Å². The Balaban J connectivity index is 1.71. The maximum atomic E-state index is 12.9. The zero-order valence-electron chi connectivity index (χ0n) is 12.1. The van der Waals surface area contributed by atoms with Crippen LogP contribution in [-0.4, -0.2) is 28.9 Å². The molecule has 7 heteroatoms. The van der Waals surface area contributed by atoms with Crippen LogP contribution in [0.3, 0.4) is 0 Å². The van der Waals surface area contributed by atoms with E-state index < -0.39 is 15.7 Å². The van der Waals surface area contributed by atoms with E-state index in [1.54, 1.807) is 0 Å². The Labute approximate surface area is 133 Å². The molecule has 0 fully saturated rings. The standard InChI is InChI=1S/C16H14FN3O2S/c17-14-6-8-15(9-7-14)23(21,22)11-10-20-12-18-16(19-20)13-4-2-1-3-5-13/h1-9,12H,10-11H2. The molecule has 0 aliphatic heterocycles. The van der Waals surface area contributed by atoms with Gasteiger partial charge in [-0.05, 0) is 24.3 Å². The third-order valence-corrected chi connectivity index (χ3v) is 5.04. The minimum atomic E-state index is -3.49. The lowest BCUT2D eigenvalue weighted by Crippen LogP contribution is -2.13. The maximum Gasteiger partial charge on any atom is 0.181 e. The van der Waals surface area contributed by atoms with Gasteiger partial charge < -0.3 is 0 Å². The van der Waals surface area contributed by atoms with Gasteiger partial charge in [0, 0.05) is 5.56 Å². The van der Waals surface area contributed by atoms with Gasteiger partial charge in [-0.15, -0.1) is 0 Å². The topological polar surface area (TPSA) is 64.8 Å². The number of halogens is 1. The van der Waals surface area contributed by atoms with E-state index in [9.17, 15) is 12.8 Å². The summed E-state index contributed by atoms with van der Waals surface area (Å²) in [5.41, 5.74) is 0.868. The number of hydrogen-bond acceptors (Lipinski definition) is 4. The molecule has 0 aliphatic rings. The lowest BCUT2D eigenvalue weighted by atomic mass is 10.2. The van der Waals surface area contributed by atoms with Crippen molar-refractivity contribution in [2.75, 3.05) is 5.75 Å². The molecule has 1 aromatic heterocycles. The van der Waals surface area contributed by atoms with Crippen molar-refractivity contribution in [1.29, 1.82) is 0 Å². The molecule has 23 heavy (non-hydrogen) atoms. The number of nitrogens with zero attached hydrogens (tertiary/aromatic N) is 3. The zero-order chi connectivity index (χ0) is 16.3. The number of benzene rings is 2. The first-order valence-corrected chi connectivity index (χ1v) is 8.63. The van der Waals surface area contributed by atoms with Crippen LogP contribution in [0, 0.1) is 5.82 Å². The van der Waals surface area contributed by atoms with Gasteiger partial charge in [0.15, 0.2) is 15.7 Å². The Morgan fingerprint density at radius 1 is 1.00 bits per heavy atom. The van der Waals surface area contributed by atoms with Gasteiger partial charge in [-0.2, -0.15) is 5.10 Å². The third kappa shape index (κ3) is 3.62. The van der Waals surface area contributed by atoms with Crippen molar-refractivity contribution in [2.45, 2.75) is 11.4 Å². The highest BCUT2D eigenvalue weighted by atomic mass is 32.2. The molecule has 1 heterocycles. The molecule has 118 valence electrons. The van der Waals surface area contributed by atoms with E-state index in [0.717, 1.165) is 17.7 Å². The molecule has 5 nitrogen and oxygen atoms in total. The van der Waals surface area contributed by atoms with Gasteiger partial charge >= 0.3 is 0 Å². The first kappa shape index (κ1) is 15.4. The molecule has 0 saturated carbocycles. The fourth-order valence-electron chi connectivity index (χ4n) is 2.10. The second kappa shape index (κ2) is 6.29. The molecule has 0 unspecified atom stereocenters. The Hall–Kier alpha value is -2.54. The molecule has 0 atom stereocenters. The molecule has 0 N–H and O–H groups in total. The van der Waals surface area contributed by atoms with Crippen molar-refractivity contribution in [1.82, 2.24) is 14.8 Å². The predicted molar refractivity (Wildman–Crippen MR) is 83.9 cm³/mol. The van der Waals surface area contributed by atoms with Crippen LogP contribution in [-0.2, 0) is 16.4 Å². The van der Waals surface area contributed by atoms with Crippen molar-refractivity contribution in [3.8, 4) is 11.4 Å². The van der Waals surface area contributed by atoms with Crippen LogP contribution in [0.2, 0.25) is 0 Å². The van der Waals surface area contributed by atoms with Crippen LogP contribution in [0.25, 0.3) is 11.4 Å². The van der Waals surface area contributed by atoms with Gasteiger partial charge in [0.1, 0.15) is 12.1 Å². The quantitative estimate of drug-likeness (QED) is 0.674. The van der Waals surface area contributed by atoms with Crippen molar-refractivity contribution in [2.24, 2.45) is 0 Å². The van der Waals surface area contributed by atoms with E-state index in [0.29, 0.717) is 5.82 Å². The van der Waals surface area contributed by atoms with Crippen molar-refractivity contribution in [3.63, 3.8) is 0 Å². The summed E-state index contributed by atoms with van der Waals surface area (Å²) in [4.78, 5) is 4.28. The summed E-state index contributed by atoms with van der Waals surface area (Å²) < 4.78 is 38.8. The van der Waals surface area contributed by atoms with Gasteiger partial charge in [0.25, 0.3) is 0 Å². The molecule has 0 spiro atoms. The minimum absolute atomic E-state index is 0.0994. The number of rotatable bonds is 5. The average Bonchev–Trinajstić information content (AvgIpc) is 3.03. The summed E-state index contributed by atoms with van der Waals surface area (Å²) in [6, 6.07) is 14.2. The maximum absolute atomic E-state index is 12.9. The van der Waals surface area contributed by atoms with Crippen LogP contribution in [0.5, 0.6) is 0 Å². The summed E-state index contributed by atoms with van der Waals surface area (Å²) >= 11 is 0. The molecule has 0 aliphatic carbocycles. The summed E-state index contributed by atoms with van der Waals surface area (Å²) in [6.45, 7) is 0.180. The number of aryl methyl sites for hydroxylation is 1. The molecule has 0 saturated heterocycles. The van der Waals surface area contributed by atoms with Gasteiger partial charge in [-0.3, -0.25) is 4.68 Å². The molecule has 0 radical (unpaired) electrons. The van der Waals surface area contributed by atoms with Crippen LogP contribution in [0.15, 0.2) is 65.8 Å². The lowest BCUT2D eigenvalue weighted by molar-refractivity contribution is 0.580. The summed E-state index contributed by atoms with van der Waals surface area (Å²) in [5, 5.41) is 4.27. The fourth-order valence-corrected chi connectivity index (χ4v) is 3.31. The van der Waals surface area contributed by atoms with Crippen molar-refractivity contribution >= 4 is 9.84 Å². The van der Waals surface area contributed by atoms with Gasteiger partial charge in [0.05, 0.1) is 17.2 Å². The van der Waals surface area contributed by atoms with E-state index in [1.165, 1.54) is 23.1 Å². The third-order valence-electron chi connectivity index (χ3n) is 3.33. The molecule has 0 bridgehead atoms. The number of hydrogen-bond donors (Lipinski definition) is 0. The molecule has 0 amide bonds. The average molecular weight is 331 g/mol.